The Kier molecular flexibility index (Phi) is 5.07. The summed E-state index contributed by atoms with van der Waals surface area (Å²) in [5.74, 6) is -0.785. The summed E-state index contributed by atoms with van der Waals surface area (Å²) >= 11 is 1.64. The molecule has 3 aromatic heterocycles. The van der Waals surface area contributed by atoms with Crippen molar-refractivity contribution < 1.29 is 9.18 Å². The van der Waals surface area contributed by atoms with Gasteiger partial charge in [0.15, 0.2) is 11.5 Å². The van der Waals surface area contributed by atoms with E-state index < -0.39 is 5.82 Å². The van der Waals surface area contributed by atoms with Crippen LogP contribution in [0.1, 0.15) is 28.0 Å². The lowest BCUT2D eigenvalue weighted by Gasteiger charge is -2.29. The minimum atomic E-state index is -0.480. The minimum absolute atomic E-state index is 0.241. The van der Waals surface area contributed by atoms with Crippen molar-refractivity contribution in [3.05, 3.63) is 52.7 Å². The molecular weight excluding hydrogens is 415 g/mol. The van der Waals surface area contributed by atoms with Crippen LogP contribution in [-0.4, -0.2) is 46.5 Å². The van der Waals surface area contributed by atoms with Crippen molar-refractivity contribution in [2.75, 3.05) is 36.4 Å². The first-order valence-corrected chi connectivity index (χ1v) is 11.2. The SMILES string of the molecule is CCc1nc2c(C(=O)Nc3cc(F)c4nc(C)cn4c3)ccc(N3CCNCC3)c2s1. The molecule has 1 aliphatic rings. The van der Waals surface area contributed by atoms with Crippen LogP contribution in [0.25, 0.3) is 15.9 Å². The number of fused-ring (bicyclic) bond motifs is 2. The maximum Gasteiger partial charge on any atom is 0.257 e. The topological polar surface area (TPSA) is 74.6 Å². The molecule has 1 aromatic carbocycles. The number of carbonyl (C=O) groups excluding carboxylic acids is 1. The number of thiazole rings is 1. The van der Waals surface area contributed by atoms with Gasteiger partial charge in [0.05, 0.1) is 37.9 Å². The Bertz CT molecular complexity index is 1290. The molecular formula is C22H23FN6OS. The van der Waals surface area contributed by atoms with Crippen LogP contribution in [-0.2, 0) is 6.42 Å². The minimum Gasteiger partial charge on any atom is -0.368 e. The summed E-state index contributed by atoms with van der Waals surface area (Å²) in [6.45, 7) is 7.57. The fraction of sp³-hybridized carbons (Fsp3) is 0.318. The quantitative estimate of drug-likeness (QED) is 0.509. The second-order valence-corrected chi connectivity index (χ2v) is 8.74. The van der Waals surface area contributed by atoms with Crippen LogP contribution >= 0.6 is 11.3 Å². The van der Waals surface area contributed by atoms with Gasteiger partial charge in [-0.25, -0.2) is 14.4 Å². The summed E-state index contributed by atoms with van der Waals surface area (Å²) in [6.07, 6.45) is 4.20. The van der Waals surface area contributed by atoms with Gasteiger partial charge in [0.1, 0.15) is 0 Å². The predicted molar refractivity (Wildman–Crippen MR) is 122 cm³/mol. The lowest BCUT2D eigenvalue weighted by atomic mass is 10.1. The van der Waals surface area contributed by atoms with E-state index in [1.54, 1.807) is 35.1 Å². The molecule has 5 rings (SSSR count). The first-order chi connectivity index (χ1) is 15.0. The van der Waals surface area contributed by atoms with Crippen LogP contribution < -0.4 is 15.5 Å². The molecule has 1 saturated heterocycles. The Morgan fingerprint density at radius 2 is 2.06 bits per heavy atom. The summed E-state index contributed by atoms with van der Waals surface area (Å²) in [5.41, 5.74) is 3.64. The average Bonchev–Trinajstić information content (AvgIpc) is 3.37. The third-order valence-corrected chi connectivity index (χ3v) is 6.68. The first kappa shape index (κ1) is 19.9. The highest BCUT2D eigenvalue weighted by atomic mass is 32.1. The number of pyridine rings is 1. The summed E-state index contributed by atoms with van der Waals surface area (Å²) in [4.78, 5) is 24.4. The molecule has 7 nitrogen and oxygen atoms in total. The maximum atomic E-state index is 14.4. The number of piperazine rings is 1. The molecule has 0 spiro atoms. The van der Waals surface area contributed by atoms with Crippen molar-refractivity contribution in [3.8, 4) is 0 Å². The van der Waals surface area contributed by atoms with E-state index in [1.165, 1.54) is 6.07 Å². The van der Waals surface area contributed by atoms with Crippen LogP contribution in [0.15, 0.2) is 30.6 Å². The lowest BCUT2D eigenvalue weighted by molar-refractivity contribution is 0.102. The second-order valence-electron chi connectivity index (χ2n) is 7.65. The van der Waals surface area contributed by atoms with Gasteiger partial charge in [-0.1, -0.05) is 6.92 Å². The van der Waals surface area contributed by atoms with E-state index in [9.17, 15) is 9.18 Å². The van der Waals surface area contributed by atoms with Crippen LogP contribution in [0.3, 0.4) is 0 Å². The highest BCUT2D eigenvalue weighted by molar-refractivity contribution is 7.19. The van der Waals surface area contributed by atoms with Gasteiger partial charge in [-0.3, -0.25) is 4.79 Å². The largest absolute Gasteiger partial charge is 0.368 e. The number of nitrogens with zero attached hydrogens (tertiary/aromatic N) is 4. The molecule has 2 N–H and O–H groups in total. The van der Waals surface area contributed by atoms with Crippen LogP contribution in [0, 0.1) is 12.7 Å². The number of nitrogens with one attached hydrogen (secondary N) is 2. The van der Waals surface area contributed by atoms with E-state index in [0.717, 1.165) is 48.0 Å². The lowest BCUT2D eigenvalue weighted by Crippen LogP contribution is -2.43. The van der Waals surface area contributed by atoms with Gasteiger partial charge in [-0.2, -0.15) is 0 Å². The molecule has 0 bridgehead atoms. The van der Waals surface area contributed by atoms with Gasteiger partial charge >= 0.3 is 0 Å². The number of amides is 1. The van der Waals surface area contributed by atoms with Crippen molar-refractivity contribution in [1.82, 2.24) is 19.7 Å². The number of aryl methyl sites for hydroxylation is 2. The highest BCUT2D eigenvalue weighted by Gasteiger charge is 2.21. The number of hydrogen-bond donors (Lipinski definition) is 2. The normalized spacial score (nSPS) is 14.5. The van der Waals surface area contributed by atoms with Crippen molar-refractivity contribution in [1.29, 1.82) is 0 Å². The van der Waals surface area contributed by atoms with Crippen LogP contribution in [0.2, 0.25) is 0 Å². The number of rotatable bonds is 4. The number of benzene rings is 1. The van der Waals surface area contributed by atoms with E-state index in [4.69, 9.17) is 4.98 Å². The first-order valence-electron chi connectivity index (χ1n) is 10.4. The van der Waals surface area contributed by atoms with Crippen LogP contribution in [0.4, 0.5) is 15.8 Å². The second kappa shape index (κ2) is 7.90. The van der Waals surface area contributed by atoms with Crippen molar-refractivity contribution in [2.45, 2.75) is 20.3 Å². The van der Waals surface area contributed by atoms with Gasteiger partial charge < -0.3 is 19.9 Å². The molecule has 31 heavy (non-hydrogen) atoms. The Labute approximate surface area is 182 Å². The fourth-order valence-corrected chi connectivity index (χ4v) is 5.04. The summed E-state index contributed by atoms with van der Waals surface area (Å²) < 4.78 is 17.0. The Morgan fingerprint density at radius 1 is 1.26 bits per heavy atom. The molecule has 1 aliphatic heterocycles. The smallest absolute Gasteiger partial charge is 0.257 e. The van der Waals surface area contributed by atoms with E-state index in [-0.39, 0.29) is 11.6 Å². The highest BCUT2D eigenvalue weighted by Crippen LogP contribution is 2.35. The Balaban J connectivity index is 1.52. The van der Waals surface area contributed by atoms with E-state index in [2.05, 4.69) is 27.4 Å². The van der Waals surface area contributed by atoms with Gasteiger partial charge in [-0.05, 0) is 25.5 Å². The number of anilines is 2. The zero-order valence-corrected chi connectivity index (χ0v) is 18.2. The summed E-state index contributed by atoms with van der Waals surface area (Å²) in [5, 5.41) is 7.20. The molecule has 0 radical (unpaired) electrons. The molecule has 0 atom stereocenters. The van der Waals surface area contributed by atoms with Crippen molar-refractivity contribution in [3.63, 3.8) is 0 Å². The number of imidazole rings is 1. The monoisotopic (exact) mass is 438 g/mol. The van der Waals surface area contributed by atoms with E-state index >= 15 is 0 Å². The van der Waals surface area contributed by atoms with Gasteiger partial charge in [0.2, 0.25) is 0 Å². The van der Waals surface area contributed by atoms with Gasteiger partial charge in [-0.15, -0.1) is 11.3 Å². The zero-order chi connectivity index (χ0) is 21.5. The van der Waals surface area contributed by atoms with E-state index in [0.29, 0.717) is 22.5 Å². The molecule has 4 aromatic rings. The van der Waals surface area contributed by atoms with Gasteiger partial charge in [0.25, 0.3) is 5.91 Å². The standard InChI is InChI=1S/C22H23FN6OS/c1-3-18-27-19-15(4-5-17(20(19)31-18)28-8-6-24-7-9-28)22(30)26-14-10-16(23)21-25-13(2)11-29(21)12-14/h4-5,10-12,24H,3,6-9H2,1-2H3,(H,26,30). The number of hydrogen-bond acceptors (Lipinski definition) is 6. The number of halogens is 1. The Morgan fingerprint density at radius 3 is 2.84 bits per heavy atom. The van der Waals surface area contributed by atoms with Crippen molar-refractivity contribution >= 4 is 44.5 Å². The maximum absolute atomic E-state index is 14.4. The third kappa shape index (κ3) is 3.64. The average molecular weight is 439 g/mol. The van der Waals surface area contributed by atoms with Gasteiger partial charge in [0, 0.05) is 44.6 Å². The molecule has 1 amide bonds. The fourth-order valence-electron chi connectivity index (χ4n) is 3.97. The van der Waals surface area contributed by atoms with Crippen molar-refractivity contribution in [2.24, 2.45) is 0 Å². The predicted octanol–water partition coefficient (Wildman–Crippen LogP) is 3.62. The molecule has 1 fully saturated rings. The Hall–Kier alpha value is -3.04. The van der Waals surface area contributed by atoms with Crippen LogP contribution in [0.5, 0.6) is 0 Å². The summed E-state index contributed by atoms with van der Waals surface area (Å²) in [7, 11) is 0. The molecule has 9 heteroatoms. The zero-order valence-electron chi connectivity index (χ0n) is 17.4. The molecule has 0 unspecified atom stereocenters. The third-order valence-electron chi connectivity index (χ3n) is 5.46. The number of aromatic nitrogens is 3. The van der Waals surface area contributed by atoms with E-state index in [1.807, 2.05) is 12.1 Å². The molecule has 160 valence electrons. The summed E-state index contributed by atoms with van der Waals surface area (Å²) in [6, 6.07) is 5.12. The molecule has 0 aliphatic carbocycles. The molecule has 0 saturated carbocycles. The number of carbonyl (C=O) groups is 1. The molecule has 4 heterocycles.